The highest BCUT2D eigenvalue weighted by molar-refractivity contribution is 7.91. The van der Waals surface area contributed by atoms with Gasteiger partial charge in [0.05, 0.1) is 6.20 Å². The van der Waals surface area contributed by atoms with Crippen molar-refractivity contribution in [2.45, 2.75) is 37.0 Å². The molecule has 0 aliphatic carbocycles. The number of Topliss-reactive ketones (excluding diaryl/α,β-unsaturated/α-hetero) is 1. The zero-order valence-electron chi connectivity index (χ0n) is 19.5. The maximum Gasteiger partial charge on any atom is 0.247 e. The molecule has 0 bridgehead atoms. The Morgan fingerprint density at radius 1 is 1.20 bits per heavy atom. The highest BCUT2D eigenvalue weighted by Gasteiger charge is 2.66. The molecule has 35 heavy (non-hydrogen) atoms. The van der Waals surface area contributed by atoms with E-state index in [9.17, 15) is 22.4 Å². The first-order valence-electron chi connectivity index (χ1n) is 10.9. The molecule has 2 aliphatic rings. The van der Waals surface area contributed by atoms with Crippen LogP contribution in [0.1, 0.15) is 41.9 Å². The number of sulfonamides is 1. The van der Waals surface area contributed by atoms with E-state index in [0.717, 1.165) is 22.6 Å². The van der Waals surface area contributed by atoms with Gasteiger partial charge in [-0.2, -0.15) is 0 Å². The molecule has 4 rings (SSSR count). The fraction of sp³-hybridized carbons (Fsp3) is 0.391. The highest BCUT2D eigenvalue weighted by atomic mass is 32.2. The Morgan fingerprint density at radius 3 is 2.51 bits per heavy atom. The largest absolute Gasteiger partial charge is 0.369 e. The first kappa shape index (κ1) is 24.7. The monoisotopic (exact) mass is 505 g/mol. The lowest BCUT2D eigenvalue weighted by Crippen LogP contribution is -2.66. The van der Waals surface area contributed by atoms with E-state index in [2.05, 4.69) is 9.98 Å². The maximum atomic E-state index is 15.3. The SMILES string of the molecule is CC(=O)N1CCC2(C1)[C@@](C)(c1cc(CC(=O)c3ccc(F)cn3)ccc1F)N=C(N)N(C)S2(=O)=O. The summed E-state index contributed by atoms with van der Waals surface area (Å²) >= 11 is 0. The van der Waals surface area contributed by atoms with Crippen LogP contribution < -0.4 is 5.73 Å². The number of hydrogen-bond acceptors (Lipinski definition) is 7. The highest BCUT2D eigenvalue weighted by Crippen LogP contribution is 2.51. The van der Waals surface area contributed by atoms with Crippen molar-refractivity contribution in [1.29, 1.82) is 0 Å². The van der Waals surface area contributed by atoms with Gasteiger partial charge in [0, 0.05) is 39.0 Å². The van der Waals surface area contributed by atoms with Crippen LogP contribution in [0, 0.1) is 11.6 Å². The van der Waals surface area contributed by atoms with Crippen molar-refractivity contribution in [1.82, 2.24) is 14.2 Å². The molecule has 1 spiro atoms. The molecule has 1 saturated heterocycles. The minimum atomic E-state index is -4.17. The van der Waals surface area contributed by atoms with Crippen LogP contribution in [-0.4, -0.2) is 65.1 Å². The number of nitrogens with zero attached hydrogens (tertiary/aromatic N) is 4. The van der Waals surface area contributed by atoms with Gasteiger partial charge in [-0.05, 0) is 43.2 Å². The van der Waals surface area contributed by atoms with Crippen LogP contribution in [0.15, 0.2) is 41.5 Å². The number of aromatic nitrogens is 1. The summed E-state index contributed by atoms with van der Waals surface area (Å²) in [6.45, 7) is 2.79. The van der Waals surface area contributed by atoms with E-state index in [1.165, 1.54) is 44.0 Å². The Morgan fingerprint density at radius 2 is 1.91 bits per heavy atom. The van der Waals surface area contributed by atoms with E-state index in [4.69, 9.17) is 5.73 Å². The molecule has 1 aromatic carbocycles. The normalized spacial score (nSPS) is 25.6. The van der Waals surface area contributed by atoms with Gasteiger partial charge in [0.25, 0.3) is 0 Å². The van der Waals surface area contributed by atoms with Crippen molar-refractivity contribution >= 4 is 27.7 Å². The molecule has 3 heterocycles. The van der Waals surface area contributed by atoms with E-state index in [1.807, 2.05) is 0 Å². The minimum Gasteiger partial charge on any atom is -0.369 e. The van der Waals surface area contributed by atoms with Crippen molar-refractivity contribution in [2.24, 2.45) is 10.7 Å². The number of pyridine rings is 1. The third-order valence-electron chi connectivity index (χ3n) is 7.01. The fourth-order valence-corrected chi connectivity index (χ4v) is 7.01. The van der Waals surface area contributed by atoms with Crippen molar-refractivity contribution < 1.29 is 26.8 Å². The van der Waals surface area contributed by atoms with E-state index >= 15 is 4.39 Å². The molecule has 0 radical (unpaired) electrons. The average molecular weight is 506 g/mol. The smallest absolute Gasteiger partial charge is 0.247 e. The van der Waals surface area contributed by atoms with Crippen LogP contribution >= 0.6 is 0 Å². The van der Waals surface area contributed by atoms with Crippen molar-refractivity contribution in [3.8, 4) is 0 Å². The molecule has 2 atom stereocenters. The lowest BCUT2D eigenvalue weighted by Gasteiger charge is -2.48. The minimum absolute atomic E-state index is 0.0225. The summed E-state index contributed by atoms with van der Waals surface area (Å²) in [5.74, 6) is -2.35. The lowest BCUT2D eigenvalue weighted by atomic mass is 9.77. The Bertz CT molecular complexity index is 1350. The predicted molar refractivity (Wildman–Crippen MR) is 124 cm³/mol. The summed E-state index contributed by atoms with van der Waals surface area (Å²) in [4.78, 5) is 34.4. The van der Waals surface area contributed by atoms with E-state index in [1.54, 1.807) is 0 Å². The van der Waals surface area contributed by atoms with Crippen LogP contribution in [0.4, 0.5) is 8.78 Å². The third-order valence-corrected chi connectivity index (χ3v) is 9.64. The zero-order valence-corrected chi connectivity index (χ0v) is 20.3. The number of amides is 1. The number of guanidine groups is 1. The molecule has 1 unspecified atom stereocenters. The Labute approximate surface area is 201 Å². The first-order valence-corrected chi connectivity index (χ1v) is 12.3. The zero-order chi connectivity index (χ0) is 25.8. The second-order valence-electron chi connectivity index (χ2n) is 8.98. The standard InChI is InChI=1S/C23H25F2N5O4S/c1-14(31)30-9-8-23(13-30)22(2,28-21(26)29(3)35(23,33)34)17-10-15(4-6-18(17)25)11-20(32)19-7-5-16(24)12-27-19/h4-7,10,12H,8-9,11,13H2,1-3H3,(H2,26,28)/t22-,23?/m1/s1. The van der Waals surface area contributed by atoms with Crippen LogP contribution in [0.25, 0.3) is 0 Å². The molecule has 186 valence electrons. The first-order chi connectivity index (χ1) is 16.3. The number of benzene rings is 1. The summed E-state index contributed by atoms with van der Waals surface area (Å²) in [5, 5.41) is 0. The molecular formula is C23H25F2N5O4S. The second kappa shape index (κ2) is 8.36. The molecule has 1 amide bonds. The molecule has 1 fully saturated rings. The number of nitrogens with two attached hydrogens (primary N) is 1. The van der Waals surface area contributed by atoms with Crippen LogP contribution in [0.3, 0.4) is 0 Å². The topological polar surface area (TPSA) is 126 Å². The molecule has 2 aliphatic heterocycles. The Kier molecular flexibility index (Phi) is 5.90. The van der Waals surface area contributed by atoms with Gasteiger partial charge in [0.15, 0.2) is 5.78 Å². The van der Waals surface area contributed by atoms with Crippen LogP contribution in [0.2, 0.25) is 0 Å². The summed E-state index contributed by atoms with van der Waals surface area (Å²) in [6, 6.07) is 6.31. The van der Waals surface area contributed by atoms with Crippen molar-refractivity contribution in [2.75, 3.05) is 20.1 Å². The summed E-state index contributed by atoms with van der Waals surface area (Å²) < 4.78 is 55.1. The molecular weight excluding hydrogens is 480 g/mol. The van der Waals surface area contributed by atoms with E-state index < -0.39 is 37.7 Å². The number of ketones is 1. The Hall–Kier alpha value is -3.41. The second-order valence-corrected chi connectivity index (χ2v) is 11.3. The van der Waals surface area contributed by atoms with Gasteiger partial charge < -0.3 is 10.6 Å². The average Bonchev–Trinajstić information content (AvgIpc) is 3.27. The van der Waals surface area contributed by atoms with Gasteiger partial charge in [0.2, 0.25) is 21.9 Å². The lowest BCUT2D eigenvalue weighted by molar-refractivity contribution is -0.127. The van der Waals surface area contributed by atoms with Crippen molar-refractivity contribution in [3.63, 3.8) is 0 Å². The molecule has 0 saturated carbocycles. The number of aliphatic imine (C=N–C) groups is 1. The van der Waals surface area contributed by atoms with Gasteiger partial charge in [-0.3, -0.25) is 14.6 Å². The fourth-order valence-electron chi connectivity index (χ4n) is 4.87. The molecule has 1 aromatic heterocycles. The van der Waals surface area contributed by atoms with Gasteiger partial charge in [-0.15, -0.1) is 0 Å². The van der Waals surface area contributed by atoms with Crippen molar-refractivity contribution in [3.05, 3.63) is 65.0 Å². The summed E-state index contributed by atoms with van der Waals surface area (Å²) in [5.41, 5.74) is 4.65. The molecule has 2 N–H and O–H groups in total. The van der Waals surface area contributed by atoms with Crippen LogP contribution in [0.5, 0.6) is 0 Å². The van der Waals surface area contributed by atoms with Gasteiger partial charge in [-0.1, -0.05) is 6.07 Å². The quantitative estimate of drug-likeness (QED) is 0.629. The third kappa shape index (κ3) is 3.76. The molecule has 12 heteroatoms. The molecule has 2 aromatic rings. The number of likely N-dealkylation sites (tertiary alicyclic amines) is 1. The summed E-state index contributed by atoms with van der Waals surface area (Å²) in [7, 11) is -2.90. The number of hydrogen-bond donors (Lipinski definition) is 1. The number of carbonyl (C=O) groups is 2. The van der Waals surface area contributed by atoms with E-state index in [0.29, 0.717) is 5.56 Å². The van der Waals surface area contributed by atoms with E-state index in [-0.39, 0.29) is 49.1 Å². The van der Waals surface area contributed by atoms with Crippen LogP contribution in [-0.2, 0) is 26.8 Å². The summed E-state index contributed by atoms with van der Waals surface area (Å²) in [6.07, 6.45) is 0.769. The molecule has 9 nitrogen and oxygen atoms in total. The van der Waals surface area contributed by atoms with Gasteiger partial charge >= 0.3 is 0 Å². The number of rotatable bonds is 4. The van der Waals surface area contributed by atoms with Gasteiger partial charge in [-0.25, -0.2) is 26.5 Å². The maximum absolute atomic E-state index is 15.3. The Balaban J connectivity index is 1.83. The van der Waals surface area contributed by atoms with Gasteiger partial charge in [0.1, 0.15) is 27.6 Å². The predicted octanol–water partition coefficient (Wildman–Crippen LogP) is 1.58. The number of halogens is 2. The number of carbonyl (C=O) groups excluding carboxylic acids is 2.